The Kier molecular flexibility index (Phi) is 6.33. The van der Waals surface area contributed by atoms with E-state index >= 15 is 0 Å². The molecule has 8 nitrogen and oxygen atoms in total. The SMILES string of the molecule is COc1ncc(-c2noc3c2CC2(CC2)c2ccc(Br)cc2-3)c(OC)c1S(=O)(=O)NCC[Si](C)(C)C. The minimum atomic E-state index is -3.97. The maximum Gasteiger partial charge on any atom is 0.249 e. The molecular formula is C25H30BrN3O5SSi. The van der Waals surface area contributed by atoms with Crippen molar-refractivity contribution in [2.45, 2.75) is 55.3 Å². The van der Waals surface area contributed by atoms with E-state index in [0.717, 1.165) is 40.9 Å². The number of ether oxygens (including phenoxy) is 2. The number of nitrogens with one attached hydrogen (secondary N) is 1. The highest BCUT2D eigenvalue weighted by Crippen LogP contribution is 2.59. The third-order valence-electron chi connectivity index (χ3n) is 7.00. The summed E-state index contributed by atoms with van der Waals surface area (Å²) in [6, 6.07) is 7.08. The van der Waals surface area contributed by atoms with Gasteiger partial charge >= 0.3 is 0 Å². The average Bonchev–Trinajstić information content (AvgIpc) is 3.45. The summed E-state index contributed by atoms with van der Waals surface area (Å²) < 4.78 is 47.5. The predicted molar refractivity (Wildman–Crippen MR) is 144 cm³/mol. The number of methoxy groups -OCH3 is 2. The van der Waals surface area contributed by atoms with Crippen molar-refractivity contribution in [2.75, 3.05) is 20.8 Å². The van der Waals surface area contributed by atoms with E-state index in [9.17, 15) is 8.42 Å². The second kappa shape index (κ2) is 8.97. The predicted octanol–water partition coefficient (Wildman–Crippen LogP) is 5.39. The molecule has 2 heterocycles. The lowest BCUT2D eigenvalue weighted by molar-refractivity contribution is 0.361. The van der Waals surface area contributed by atoms with E-state index < -0.39 is 18.1 Å². The lowest BCUT2D eigenvalue weighted by Gasteiger charge is -2.25. The average molecular weight is 593 g/mol. The van der Waals surface area contributed by atoms with Crippen LogP contribution in [-0.4, -0.2) is 47.4 Å². The van der Waals surface area contributed by atoms with Crippen LogP contribution in [0.1, 0.15) is 24.0 Å². The fourth-order valence-corrected chi connectivity index (χ4v) is 7.68. The zero-order valence-electron chi connectivity index (χ0n) is 21.1. The van der Waals surface area contributed by atoms with Crippen LogP contribution in [0.4, 0.5) is 0 Å². The second-order valence-corrected chi connectivity index (χ2v) is 19.0. The Hall–Kier alpha value is -2.21. The number of hydrogen-bond acceptors (Lipinski definition) is 7. The standard InChI is InChI=1S/C25H30BrN3O5SSi/c1-32-22-18(14-27-24(33-2)23(22)35(30,31)28-10-11-36(3,4)5)20-17-13-25(8-9-25)19-7-6-15(26)12-16(19)21(17)34-29-20/h6-7,12,14,28H,8-11,13H2,1-5H3. The Labute approximate surface area is 221 Å². The van der Waals surface area contributed by atoms with Gasteiger partial charge in [0.15, 0.2) is 16.4 Å². The van der Waals surface area contributed by atoms with E-state index in [2.05, 4.69) is 68.6 Å². The van der Waals surface area contributed by atoms with Gasteiger partial charge in [0.25, 0.3) is 0 Å². The second-order valence-electron chi connectivity index (χ2n) is 10.7. The number of sulfonamides is 1. The first kappa shape index (κ1) is 25.4. The Morgan fingerprint density at radius 3 is 2.56 bits per heavy atom. The van der Waals surface area contributed by atoms with Gasteiger partial charge in [-0.05, 0) is 43.0 Å². The molecule has 0 amide bonds. The first-order chi connectivity index (χ1) is 17.0. The van der Waals surface area contributed by atoms with Crippen LogP contribution >= 0.6 is 15.9 Å². The molecule has 0 bridgehead atoms. The first-order valence-electron chi connectivity index (χ1n) is 11.9. The van der Waals surface area contributed by atoms with E-state index in [1.54, 1.807) is 6.20 Å². The highest BCUT2D eigenvalue weighted by Gasteiger charge is 2.50. The molecule has 0 unspecified atom stereocenters. The number of pyridine rings is 1. The number of aromatic nitrogens is 2. The molecule has 1 aromatic carbocycles. The van der Waals surface area contributed by atoms with E-state index in [0.29, 0.717) is 23.6 Å². The summed E-state index contributed by atoms with van der Waals surface area (Å²) in [7, 11) is -2.58. The van der Waals surface area contributed by atoms with E-state index in [-0.39, 0.29) is 21.9 Å². The van der Waals surface area contributed by atoms with Gasteiger partial charge in [-0.3, -0.25) is 0 Å². The van der Waals surface area contributed by atoms with Gasteiger partial charge in [0.1, 0.15) is 5.69 Å². The van der Waals surface area contributed by atoms with Gasteiger partial charge in [-0.2, -0.15) is 0 Å². The molecule has 11 heteroatoms. The summed E-state index contributed by atoms with van der Waals surface area (Å²) in [5.41, 5.74) is 4.30. The molecule has 1 saturated carbocycles. The summed E-state index contributed by atoms with van der Waals surface area (Å²) >= 11 is 3.58. The van der Waals surface area contributed by atoms with Crippen LogP contribution in [0, 0.1) is 0 Å². The molecule has 0 atom stereocenters. The molecule has 1 spiro atoms. The topological polar surface area (TPSA) is 104 Å². The van der Waals surface area contributed by atoms with Gasteiger partial charge in [0, 0.05) is 41.8 Å². The molecule has 0 radical (unpaired) electrons. The summed E-state index contributed by atoms with van der Waals surface area (Å²) in [6.07, 6.45) is 4.49. The number of fused-ring (bicyclic) bond motifs is 4. The minimum absolute atomic E-state index is 0.0265. The number of benzene rings is 1. The van der Waals surface area contributed by atoms with Gasteiger partial charge in [-0.25, -0.2) is 18.1 Å². The van der Waals surface area contributed by atoms with E-state index in [1.165, 1.54) is 19.8 Å². The van der Waals surface area contributed by atoms with Crippen LogP contribution < -0.4 is 14.2 Å². The highest BCUT2D eigenvalue weighted by atomic mass is 79.9. The Balaban J connectivity index is 1.63. The van der Waals surface area contributed by atoms with Crippen molar-refractivity contribution in [1.82, 2.24) is 14.9 Å². The van der Waals surface area contributed by atoms with Crippen molar-refractivity contribution in [1.29, 1.82) is 0 Å². The third-order valence-corrected chi connectivity index (χ3v) is 10.7. The molecule has 1 N–H and O–H groups in total. The van der Waals surface area contributed by atoms with E-state index in [4.69, 9.17) is 14.0 Å². The zero-order valence-corrected chi connectivity index (χ0v) is 24.5. The Morgan fingerprint density at radius 1 is 1.17 bits per heavy atom. The van der Waals surface area contributed by atoms with Crippen molar-refractivity contribution >= 4 is 34.0 Å². The van der Waals surface area contributed by atoms with Gasteiger partial charge in [-0.15, -0.1) is 0 Å². The fraction of sp³-hybridized carbons (Fsp3) is 0.440. The Morgan fingerprint density at radius 2 is 1.92 bits per heavy atom. The van der Waals surface area contributed by atoms with Crippen LogP contribution in [0.2, 0.25) is 25.7 Å². The van der Waals surface area contributed by atoms with Crippen molar-refractivity contribution in [2.24, 2.45) is 0 Å². The molecule has 0 aliphatic heterocycles. The quantitative estimate of drug-likeness (QED) is 0.350. The van der Waals surface area contributed by atoms with Crippen LogP contribution in [-0.2, 0) is 21.9 Å². The van der Waals surface area contributed by atoms with Crippen LogP contribution in [0.5, 0.6) is 11.6 Å². The first-order valence-corrected chi connectivity index (χ1v) is 17.9. The van der Waals surface area contributed by atoms with Crippen molar-refractivity contribution in [3.63, 3.8) is 0 Å². The Bertz CT molecular complexity index is 1440. The molecule has 2 aliphatic rings. The minimum Gasteiger partial charge on any atom is -0.494 e. The molecular weight excluding hydrogens is 562 g/mol. The molecule has 1 fully saturated rings. The lowest BCUT2D eigenvalue weighted by Crippen LogP contribution is -2.31. The molecule has 36 heavy (non-hydrogen) atoms. The van der Waals surface area contributed by atoms with Gasteiger partial charge in [-0.1, -0.05) is 46.8 Å². The van der Waals surface area contributed by atoms with Crippen molar-refractivity contribution in [3.05, 3.63) is 40.0 Å². The molecule has 2 aliphatic carbocycles. The summed E-state index contributed by atoms with van der Waals surface area (Å²) in [4.78, 5) is 4.21. The molecule has 5 rings (SSSR count). The van der Waals surface area contributed by atoms with Crippen LogP contribution in [0.25, 0.3) is 22.6 Å². The number of hydrogen-bond donors (Lipinski definition) is 1. The summed E-state index contributed by atoms with van der Waals surface area (Å²) in [5.74, 6) is 0.819. The maximum absolute atomic E-state index is 13.5. The molecule has 2 aromatic heterocycles. The lowest BCUT2D eigenvalue weighted by atomic mass is 9.78. The molecule has 3 aromatic rings. The third kappa shape index (κ3) is 4.40. The van der Waals surface area contributed by atoms with Gasteiger partial charge in [0.2, 0.25) is 15.9 Å². The van der Waals surface area contributed by atoms with Gasteiger partial charge < -0.3 is 14.0 Å². The summed E-state index contributed by atoms with van der Waals surface area (Å²) in [6.45, 7) is 6.92. The number of rotatable bonds is 8. The van der Waals surface area contributed by atoms with E-state index in [1.807, 2.05) is 0 Å². The molecule has 0 saturated heterocycles. The van der Waals surface area contributed by atoms with Crippen molar-refractivity contribution in [3.8, 4) is 34.2 Å². The fourth-order valence-electron chi connectivity index (χ4n) is 4.94. The zero-order chi connectivity index (χ0) is 25.9. The number of halogens is 1. The van der Waals surface area contributed by atoms with Crippen molar-refractivity contribution < 1.29 is 22.4 Å². The van der Waals surface area contributed by atoms with Gasteiger partial charge in [0.05, 0.1) is 19.8 Å². The largest absolute Gasteiger partial charge is 0.494 e. The van der Waals surface area contributed by atoms with Crippen LogP contribution in [0.3, 0.4) is 0 Å². The smallest absolute Gasteiger partial charge is 0.249 e. The molecule has 192 valence electrons. The highest BCUT2D eigenvalue weighted by molar-refractivity contribution is 9.10. The summed E-state index contributed by atoms with van der Waals surface area (Å²) in [5, 5.41) is 4.41. The normalized spacial score (nSPS) is 15.9. The monoisotopic (exact) mass is 591 g/mol. The van der Waals surface area contributed by atoms with Crippen LogP contribution in [0.15, 0.2) is 38.3 Å². The number of nitrogens with zero attached hydrogens (tertiary/aromatic N) is 2. The maximum atomic E-state index is 13.5.